The number of halogens is 1. The van der Waals surface area contributed by atoms with Crippen LogP contribution < -0.4 is 4.74 Å². The molecule has 0 saturated heterocycles. The highest BCUT2D eigenvalue weighted by molar-refractivity contribution is 9.10. The van der Waals surface area contributed by atoms with Gasteiger partial charge in [-0.1, -0.05) is 13.0 Å². The number of rotatable bonds is 6. The van der Waals surface area contributed by atoms with E-state index in [-0.39, 0.29) is 48.8 Å². The summed E-state index contributed by atoms with van der Waals surface area (Å²) in [6.45, 7) is 4.34. The minimum Gasteiger partial charge on any atom is -0.472 e. The second-order valence-corrected chi connectivity index (χ2v) is 8.82. The van der Waals surface area contributed by atoms with Crippen LogP contribution in [0.4, 0.5) is 0 Å². The average Bonchev–Trinajstić information content (AvgIpc) is 2.76. The van der Waals surface area contributed by atoms with Crippen molar-refractivity contribution >= 4 is 27.7 Å². The fourth-order valence-electron chi connectivity index (χ4n) is 3.46. The molecule has 0 radical (unpaired) electrons. The van der Waals surface area contributed by atoms with E-state index in [1.54, 1.807) is 42.2 Å². The van der Waals surface area contributed by atoms with Crippen LogP contribution in [-0.2, 0) is 11.2 Å². The first-order valence-corrected chi connectivity index (χ1v) is 11.0. The number of ether oxygens (including phenoxy) is 1. The molecule has 0 spiro atoms. The fraction of sp³-hybridized carbons (Fsp3) is 0.455. The Morgan fingerprint density at radius 2 is 2.19 bits per heavy atom. The third-order valence-corrected chi connectivity index (χ3v) is 5.86. The molecule has 8 nitrogen and oxygen atoms in total. The Morgan fingerprint density at radius 1 is 1.42 bits per heavy atom. The van der Waals surface area contributed by atoms with E-state index in [9.17, 15) is 14.7 Å². The zero-order valence-electron chi connectivity index (χ0n) is 17.9. The second kappa shape index (κ2) is 10.2. The Morgan fingerprint density at radius 3 is 2.87 bits per heavy atom. The van der Waals surface area contributed by atoms with Gasteiger partial charge in [-0.2, -0.15) is 0 Å². The van der Waals surface area contributed by atoms with Gasteiger partial charge in [-0.25, -0.2) is 4.98 Å². The Labute approximate surface area is 190 Å². The summed E-state index contributed by atoms with van der Waals surface area (Å²) >= 11 is 3.36. The Kier molecular flexibility index (Phi) is 7.61. The van der Waals surface area contributed by atoms with E-state index >= 15 is 0 Å². The smallest absolute Gasteiger partial charge is 0.259 e. The van der Waals surface area contributed by atoms with Crippen LogP contribution >= 0.6 is 15.9 Å². The maximum atomic E-state index is 13.1. The maximum Gasteiger partial charge on any atom is 0.259 e. The largest absolute Gasteiger partial charge is 0.472 e. The summed E-state index contributed by atoms with van der Waals surface area (Å²) in [5.41, 5.74) is 1.03. The normalized spacial score (nSPS) is 19.6. The monoisotopic (exact) mass is 490 g/mol. The summed E-state index contributed by atoms with van der Waals surface area (Å²) in [6, 6.07) is 6.79. The summed E-state index contributed by atoms with van der Waals surface area (Å²) in [4.78, 5) is 37.6. The molecule has 1 aliphatic rings. The molecule has 31 heavy (non-hydrogen) atoms. The number of hydrogen-bond donors (Lipinski definition) is 1. The summed E-state index contributed by atoms with van der Waals surface area (Å²) in [5, 5.41) is 9.67. The first kappa shape index (κ1) is 23.1. The number of aromatic nitrogens is 2. The van der Waals surface area contributed by atoms with Gasteiger partial charge in [-0.3, -0.25) is 14.6 Å². The van der Waals surface area contributed by atoms with Crippen LogP contribution in [0.1, 0.15) is 29.9 Å². The summed E-state index contributed by atoms with van der Waals surface area (Å²) in [5.74, 6) is -0.181. The topological polar surface area (TPSA) is 95.9 Å². The van der Waals surface area contributed by atoms with Crippen LogP contribution in [-0.4, -0.2) is 75.6 Å². The Hall–Kier alpha value is -2.52. The lowest BCUT2D eigenvalue weighted by molar-refractivity contribution is -0.130. The average molecular weight is 491 g/mol. The molecule has 2 aromatic heterocycles. The third-order valence-electron chi connectivity index (χ3n) is 5.43. The predicted octanol–water partition coefficient (Wildman–Crippen LogP) is 2.16. The molecule has 0 bridgehead atoms. The number of hydrogen-bond acceptors (Lipinski definition) is 6. The van der Waals surface area contributed by atoms with E-state index < -0.39 is 0 Å². The van der Waals surface area contributed by atoms with Gasteiger partial charge in [0.25, 0.3) is 5.91 Å². The molecule has 0 aliphatic carbocycles. The highest BCUT2D eigenvalue weighted by Crippen LogP contribution is 2.28. The van der Waals surface area contributed by atoms with Gasteiger partial charge in [0.2, 0.25) is 11.8 Å². The van der Waals surface area contributed by atoms with E-state index in [4.69, 9.17) is 4.74 Å². The predicted molar refractivity (Wildman–Crippen MR) is 119 cm³/mol. The van der Waals surface area contributed by atoms with E-state index in [0.29, 0.717) is 28.8 Å². The number of carbonyl (C=O) groups is 2. The molecule has 0 unspecified atom stereocenters. The first-order chi connectivity index (χ1) is 14.8. The van der Waals surface area contributed by atoms with Crippen LogP contribution in [0, 0.1) is 5.92 Å². The van der Waals surface area contributed by atoms with Gasteiger partial charge in [0.1, 0.15) is 11.7 Å². The van der Waals surface area contributed by atoms with E-state index in [0.717, 1.165) is 0 Å². The van der Waals surface area contributed by atoms with Crippen LogP contribution in [0.3, 0.4) is 0 Å². The minimum absolute atomic E-state index is 0.0720. The first-order valence-electron chi connectivity index (χ1n) is 10.2. The van der Waals surface area contributed by atoms with Crippen LogP contribution in [0.5, 0.6) is 5.88 Å². The molecule has 2 amide bonds. The number of carbonyl (C=O) groups excluding carboxylic acids is 2. The molecule has 0 fully saturated rings. The molecule has 166 valence electrons. The van der Waals surface area contributed by atoms with Crippen molar-refractivity contribution in [1.82, 2.24) is 19.8 Å². The third kappa shape index (κ3) is 5.59. The molecule has 3 rings (SSSR count). The molecule has 1 N–H and O–H groups in total. The molecule has 2 aromatic rings. The number of pyridine rings is 2. The standard InChI is InChI=1S/C22H27BrN4O4/c1-14-11-27(15(2)13-28)22(30)18-8-16(23)10-25-21(18)31-19(14)12-26(3)20(29)9-17-6-4-5-7-24-17/h4-8,10,14-15,19,28H,9,11-13H2,1-3H3/t14-,15-,19-/m0/s1. The number of likely N-dealkylation sites (N-methyl/N-ethyl adjacent to an activating group) is 1. The van der Waals surface area contributed by atoms with Crippen molar-refractivity contribution < 1.29 is 19.4 Å². The van der Waals surface area contributed by atoms with Gasteiger partial charge in [-0.15, -0.1) is 0 Å². The van der Waals surface area contributed by atoms with Crippen molar-refractivity contribution in [2.45, 2.75) is 32.4 Å². The lowest BCUT2D eigenvalue weighted by Gasteiger charge is -2.37. The number of aliphatic hydroxyl groups excluding tert-OH is 1. The lowest BCUT2D eigenvalue weighted by atomic mass is 10.00. The van der Waals surface area contributed by atoms with E-state index in [2.05, 4.69) is 25.9 Å². The zero-order chi connectivity index (χ0) is 22.5. The molecular weight excluding hydrogens is 464 g/mol. The number of amides is 2. The van der Waals surface area contributed by atoms with Gasteiger partial charge < -0.3 is 19.6 Å². The van der Waals surface area contributed by atoms with Crippen LogP contribution in [0.15, 0.2) is 41.1 Å². The van der Waals surface area contributed by atoms with E-state index in [1.807, 2.05) is 25.1 Å². The minimum atomic E-state index is -0.383. The van der Waals surface area contributed by atoms with Gasteiger partial charge in [0.15, 0.2) is 0 Å². The summed E-state index contributed by atoms with van der Waals surface area (Å²) in [7, 11) is 1.73. The van der Waals surface area contributed by atoms with Crippen molar-refractivity contribution in [2.24, 2.45) is 5.92 Å². The SMILES string of the molecule is C[C@H]1CN([C@@H](C)CO)C(=O)c2cc(Br)cnc2O[C@H]1CN(C)C(=O)Cc1ccccn1. The summed E-state index contributed by atoms with van der Waals surface area (Å²) in [6.07, 6.45) is 3.06. The van der Waals surface area contributed by atoms with Gasteiger partial charge in [-0.05, 0) is 41.1 Å². The quantitative estimate of drug-likeness (QED) is 0.666. The van der Waals surface area contributed by atoms with Crippen molar-refractivity contribution in [1.29, 1.82) is 0 Å². The molecule has 3 heterocycles. The van der Waals surface area contributed by atoms with Crippen molar-refractivity contribution in [3.63, 3.8) is 0 Å². The van der Waals surface area contributed by atoms with Crippen molar-refractivity contribution in [3.8, 4) is 5.88 Å². The fourth-order valence-corrected chi connectivity index (χ4v) is 3.79. The highest BCUT2D eigenvalue weighted by Gasteiger charge is 2.34. The van der Waals surface area contributed by atoms with Gasteiger partial charge in [0.05, 0.1) is 25.6 Å². The number of fused-ring (bicyclic) bond motifs is 1. The van der Waals surface area contributed by atoms with Crippen LogP contribution in [0.2, 0.25) is 0 Å². The van der Waals surface area contributed by atoms with Crippen LogP contribution in [0.25, 0.3) is 0 Å². The Bertz CT molecular complexity index is 927. The highest BCUT2D eigenvalue weighted by atomic mass is 79.9. The van der Waals surface area contributed by atoms with E-state index in [1.165, 1.54) is 0 Å². The molecule has 9 heteroatoms. The van der Waals surface area contributed by atoms with Gasteiger partial charge >= 0.3 is 0 Å². The molecule has 1 aliphatic heterocycles. The molecule has 3 atom stereocenters. The lowest BCUT2D eigenvalue weighted by Crippen LogP contribution is -2.50. The summed E-state index contributed by atoms with van der Waals surface area (Å²) < 4.78 is 6.82. The zero-order valence-corrected chi connectivity index (χ0v) is 19.4. The number of nitrogens with zero attached hydrogens (tertiary/aromatic N) is 4. The molecule has 0 aromatic carbocycles. The van der Waals surface area contributed by atoms with Crippen molar-refractivity contribution in [2.75, 3.05) is 26.7 Å². The maximum absolute atomic E-state index is 13.1. The van der Waals surface area contributed by atoms with Gasteiger partial charge in [0, 0.05) is 42.1 Å². The Balaban J connectivity index is 1.83. The second-order valence-electron chi connectivity index (χ2n) is 7.90. The molecule has 0 saturated carbocycles. The number of aliphatic hydroxyl groups is 1. The molecular formula is C22H27BrN4O4. The van der Waals surface area contributed by atoms with Crippen molar-refractivity contribution in [3.05, 3.63) is 52.4 Å².